The molecule has 2 amide bonds. The van der Waals surface area contributed by atoms with Crippen LogP contribution in [0.4, 0.5) is 0 Å². The smallest absolute Gasteiger partial charge is 0.225 e. The zero-order valence-corrected chi connectivity index (χ0v) is 14.1. The Hall–Kier alpha value is -2.82. The Bertz CT molecular complexity index is 703. The number of likely N-dealkylation sites (tertiary alicyclic amines) is 1. The number of ether oxygens (including phenoxy) is 1. The van der Waals surface area contributed by atoms with E-state index in [1.54, 1.807) is 4.90 Å². The van der Waals surface area contributed by atoms with Gasteiger partial charge in [-0.15, -0.1) is 0 Å². The first-order valence-corrected chi connectivity index (χ1v) is 8.49. The van der Waals surface area contributed by atoms with Crippen molar-refractivity contribution >= 4 is 11.8 Å². The molecular weight excluding hydrogens is 316 g/mol. The highest BCUT2D eigenvalue weighted by Gasteiger charge is 2.33. The lowest BCUT2D eigenvalue weighted by molar-refractivity contribution is -0.129. The Balaban J connectivity index is 1.41. The summed E-state index contributed by atoms with van der Waals surface area (Å²) in [5.74, 6) is 0.444. The summed E-state index contributed by atoms with van der Waals surface area (Å²) >= 11 is 0. The molecular formula is C20H22N2O3. The van der Waals surface area contributed by atoms with E-state index in [2.05, 4.69) is 5.32 Å². The molecule has 3 rings (SSSR count). The number of carbonyl (C=O) groups excluding carboxylic acids is 2. The van der Waals surface area contributed by atoms with Crippen LogP contribution < -0.4 is 10.1 Å². The van der Waals surface area contributed by atoms with Gasteiger partial charge in [0.25, 0.3) is 0 Å². The summed E-state index contributed by atoms with van der Waals surface area (Å²) in [7, 11) is 0. The van der Waals surface area contributed by atoms with Crippen LogP contribution in [-0.2, 0) is 16.1 Å². The highest BCUT2D eigenvalue weighted by Crippen LogP contribution is 2.20. The molecule has 0 unspecified atom stereocenters. The van der Waals surface area contributed by atoms with Gasteiger partial charge in [-0.05, 0) is 17.7 Å². The number of rotatable bonds is 7. The number of nitrogens with one attached hydrogen (secondary N) is 1. The molecule has 1 heterocycles. The van der Waals surface area contributed by atoms with Gasteiger partial charge in [0.2, 0.25) is 11.8 Å². The van der Waals surface area contributed by atoms with Crippen LogP contribution in [0.5, 0.6) is 5.75 Å². The molecule has 5 nitrogen and oxygen atoms in total. The van der Waals surface area contributed by atoms with Gasteiger partial charge in [0.1, 0.15) is 12.4 Å². The van der Waals surface area contributed by atoms with Gasteiger partial charge in [-0.25, -0.2) is 0 Å². The second-order valence-electron chi connectivity index (χ2n) is 6.11. The van der Waals surface area contributed by atoms with E-state index in [-0.39, 0.29) is 24.2 Å². The third kappa shape index (κ3) is 4.83. The summed E-state index contributed by atoms with van der Waals surface area (Å²) in [6.07, 6.45) is 0.276. The van der Waals surface area contributed by atoms with Crippen molar-refractivity contribution in [1.82, 2.24) is 10.2 Å². The second kappa shape index (κ2) is 8.33. The molecule has 1 aliphatic rings. The van der Waals surface area contributed by atoms with Gasteiger partial charge >= 0.3 is 0 Å². The predicted octanol–water partition coefficient (Wildman–Crippen LogP) is 2.23. The molecule has 1 aliphatic heterocycles. The Morgan fingerprint density at radius 3 is 2.48 bits per heavy atom. The number of hydrogen-bond donors (Lipinski definition) is 1. The molecule has 2 aromatic rings. The average molecular weight is 338 g/mol. The van der Waals surface area contributed by atoms with Gasteiger partial charge < -0.3 is 15.0 Å². The quantitative estimate of drug-likeness (QED) is 0.788. The number of amides is 2. The number of carbonyl (C=O) groups is 2. The van der Waals surface area contributed by atoms with Crippen molar-refractivity contribution in [2.24, 2.45) is 5.92 Å². The number of benzene rings is 2. The summed E-state index contributed by atoms with van der Waals surface area (Å²) in [4.78, 5) is 26.1. The van der Waals surface area contributed by atoms with Crippen LogP contribution in [0, 0.1) is 5.92 Å². The molecule has 130 valence electrons. The minimum Gasteiger partial charge on any atom is -0.492 e. The van der Waals surface area contributed by atoms with Crippen LogP contribution in [0.1, 0.15) is 12.0 Å². The summed E-state index contributed by atoms with van der Waals surface area (Å²) < 4.78 is 5.55. The molecule has 0 radical (unpaired) electrons. The SMILES string of the molecule is O=C(NCCOc1ccccc1)[C@H]1CC(=O)N(Cc2ccccc2)C1. The van der Waals surface area contributed by atoms with E-state index < -0.39 is 0 Å². The highest BCUT2D eigenvalue weighted by atomic mass is 16.5. The van der Waals surface area contributed by atoms with Crippen molar-refractivity contribution in [3.63, 3.8) is 0 Å². The second-order valence-corrected chi connectivity index (χ2v) is 6.11. The van der Waals surface area contributed by atoms with Gasteiger partial charge in [-0.3, -0.25) is 9.59 Å². The molecule has 0 saturated carbocycles. The fourth-order valence-corrected chi connectivity index (χ4v) is 2.91. The van der Waals surface area contributed by atoms with Crippen molar-refractivity contribution in [3.05, 3.63) is 66.2 Å². The lowest BCUT2D eigenvalue weighted by Crippen LogP contribution is -2.35. The van der Waals surface area contributed by atoms with E-state index in [1.807, 2.05) is 60.7 Å². The van der Waals surface area contributed by atoms with Crippen molar-refractivity contribution in [2.45, 2.75) is 13.0 Å². The van der Waals surface area contributed by atoms with Crippen LogP contribution in [0.2, 0.25) is 0 Å². The van der Waals surface area contributed by atoms with Crippen LogP contribution in [0.25, 0.3) is 0 Å². The average Bonchev–Trinajstić information content (AvgIpc) is 3.01. The maximum Gasteiger partial charge on any atom is 0.225 e. The van der Waals surface area contributed by atoms with Gasteiger partial charge in [-0.1, -0.05) is 48.5 Å². The largest absolute Gasteiger partial charge is 0.492 e. The van der Waals surface area contributed by atoms with E-state index in [0.717, 1.165) is 11.3 Å². The van der Waals surface area contributed by atoms with E-state index in [1.165, 1.54) is 0 Å². The molecule has 5 heteroatoms. The lowest BCUT2D eigenvalue weighted by atomic mass is 10.1. The summed E-state index contributed by atoms with van der Waals surface area (Å²) in [6, 6.07) is 19.3. The molecule has 0 aliphatic carbocycles. The zero-order valence-electron chi connectivity index (χ0n) is 14.1. The molecule has 2 aromatic carbocycles. The summed E-state index contributed by atoms with van der Waals surface area (Å²) in [6.45, 7) is 1.86. The molecule has 1 fully saturated rings. The molecule has 1 saturated heterocycles. The molecule has 25 heavy (non-hydrogen) atoms. The standard InChI is InChI=1S/C20H22N2O3/c23-19-13-17(15-22(19)14-16-7-3-1-4-8-16)20(24)21-11-12-25-18-9-5-2-6-10-18/h1-10,17H,11-15H2,(H,21,24)/t17-/m0/s1. The minimum absolute atomic E-state index is 0.0320. The van der Waals surface area contributed by atoms with E-state index >= 15 is 0 Å². The van der Waals surface area contributed by atoms with E-state index in [9.17, 15) is 9.59 Å². The summed E-state index contributed by atoms with van der Waals surface area (Å²) in [5.41, 5.74) is 1.08. The highest BCUT2D eigenvalue weighted by molar-refractivity contribution is 5.89. The maximum atomic E-state index is 12.3. The fraction of sp³-hybridized carbons (Fsp3) is 0.300. The molecule has 1 N–H and O–H groups in total. The normalized spacial score (nSPS) is 16.7. The van der Waals surface area contributed by atoms with Crippen LogP contribution in [0.15, 0.2) is 60.7 Å². The molecule has 0 bridgehead atoms. The maximum absolute atomic E-state index is 12.3. The first kappa shape index (κ1) is 17.0. The van der Waals surface area contributed by atoms with Gasteiger partial charge in [0, 0.05) is 19.5 Å². The van der Waals surface area contributed by atoms with Crippen molar-refractivity contribution in [3.8, 4) is 5.75 Å². The van der Waals surface area contributed by atoms with Gasteiger partial charge in [0.05, 0.1) is 12.5 Å². The Morgan fingerprint density at radius 1 is 1.08 bits per heavy atom. The molecule has 0 spiro atoms. The molecule has 0 aromatic heterocycles. The number of para-hydroxylation sites is 1. The zero-order chi connectivity index (χ0) is 17.5. The van der Waals surface area contributed by atoms with Crippen molar-refractivity contribution in [2.75, 3.05) is 19.7 Å². The van der Waals surface area contributed by atoms with Crippen LogP contribution in [-0.4, -0.2) is 36.4 Å². The van der Waals surface area contributed by atoms with Crippen LogP contribution >= 0.6 is 0 Å². The minimum atomic E-state index is -0.284. The van der Waals surface area contributed by atoms with Crippen LogP contribution in [0.3, 0.4) is 0 Å². The third-order valence-electron chi connectivity index (χ3n) is 4.21. The third-order valence-corrected chi connectivity index (χ3v) is 4.21. The Kier molecular flexibility index (Phi) is 5.67. The first-order chi connectivity index (χ1) is 12.2. The summed E-state index contributed by atoms with van der Waals surface area (Å²) in [5, 5.41) is 2.86. The van der Waals surface area contributed by atoms with E-state index in [4.69, 9.17) is 4.74 Å². The monoisotopic (exact) mass is 338 g/mol. The van der Waals surface area contributed by atoms with Crippen molar-refractivity contribution in [1.29, 1.82) is 0 Å². The topological polar surface area (TPSA) is 58.6 Å². The van der Waals surface area contributed by atoms with Crippen molar-refractivity contribution < 1.29 is 14.3 Å². The van der Waals surface area contributed by atoms with E-state index in [0.29, 0.717) is 26.2 Å². The van der Waals surface area contributed by atoms with Gasteiger partial charge in [0.15, 0.2) is 0 Å². The fourth-order valence-electron chi connectivity index (χ4n) is 2.91. The number of hydrogen-bond acceptors (Lipinski definition) is 3. The number of nitrogens with zero attached hydrogens (tertiary/aromatic N) is 1. The lowest BCUT2D eigenvalue weighted by Gasteiger charge is -2.16. The first-order valence-electron chi connectivity index (χ1n) is 8.49. The molecule has 1 atom stereocenters. The Morgan fingerprint density at radius 2 is 1.76 bits per heavy atom. The van der Waals surface area contributed by atoms with Gasteiger partial charge in [-0.2, -0.15) is 0 Å². The predicted molar refractivity (Wildman–Crippen MR) is 94.9 cm³/mol. The Labute approximate surface area is 147 Å².